The second-order valence-corrected chi connectivity index (χ2v) is 2.99. The van der Waals surface area contributed by atoms with Crippen LogP contribution in [0.4, 0.5) is 0 Å². The molecule has 0 aliphatic rings. The molecule has 1 unspecified atom stereocenters. The van der Waals surface area contributed by atoms with Crippen LogP contribution in [0.5, 0.6) is 5.88 Å². The van der Waals surface area contributed by atoms with Gasteiger partial charge in [0.2, 0.25) is 5.88 Å². The van der Waals surface area contributed by atoms with E-state index < -0.39 is 11.9 Å². The lowest BCUT2D eigenvalue weighted by molar-refractivity contribution is -0.139. The topological polar surface area (TPSA) is 72.3 Å². The van der Waals surface area contributed by atoms with Gasteiger partial charge >= 0.3 is 5.97 Å². The fourth-order valence-electron chi connectivity index (χ4n) is 1.22. The molecule has 0 aromatic carbocycles. The molecule has 82 valence electrons. The minimum atomic E-state index is -0.911. The first-order valence-corrected chi connectivity index (χ1v) is 4.87. The van der Waals surface area contributed by atoms with E-state index in [-0.39, 0.29) is 0 Å². The van der Waals surface area contributed by atoms with Crippen LogP contribution in [0.1, 0.15) is 32.0 Å². The fourth-order valence-corrected chi connectivity index (χ4v) is 1.22. The predicted molar refractivity (Wildman–Crippen MR) is 53.9 cm³/mol. The van der Waals surface area contributed by atoms with E-state index >= 15 is 0 Å². The van der Waals surface area contributed by atoms with E-state index in [1.165, 1.54) is 6.20 Å². The van der Waals surface area contributed by atoms with Crippen molar-refractivity contribution in [3.63, 3.8) is 0 Å². The number of rotatable bonds is 5. The van der Waals surface area contributed by atoms with Crippen molar-refractivity contribution < 1.29 is 14.6 Å². The van der Waals surface area contributed by atoms with E-state index in [0.29, 0.717) is 24.7 Å². The molecule has 0 saturated carbocycles. The number of nitrogens with zero attached hydrogens (tertiary/aromatic N) is 2. The number of hydrogen-bond acceptors (Lipinski definition) is 4. The van der Waals surface area contributed by atoms with Crippen LogP contribution in [0.3, 0.4) is 0 Å². The Morgan fingerprint density at radius 3 is 2.87 bits per heavy atom. The van der Waals surface area contributed by atoms with Gasteiger partial charge in [0.15, 0.2) is 0 Å². The number of aromatic nitrogens is 2. The molecule has 1 rings (SSSR count). The lowest BCUT2D eigenvalue weighted by Gasteiger charge is -2.09. The molecule has 0 aliphatic carbocycles. The number of aliphatic carboxylic acids is 1. The van der Waals surface area contributed by atoms with Gasteiger partial charge in [-0.25, -0.2) is 4.98 Å². The summed E-state index contributed by atoms with van der Waals surface area (Å²) in [7, 11) is 0. The van der Waals surface area contributed by atoms with Crippen LogP contribution in [0.25, 0.3) is 0 Å². The fraction of sp³-hybridized carbons (Fsp3) is 0.500. The van der Waals surface area contributed by atoms with Crippen molar-refractivity contribution in [1.29, 1.82) is 0 Å². The third kappa shape index (κ3) is 2.90. The van der Waals surface area contributed by atoms with Gasteiger partial charge in [-0.15, -0.1) is 0 Å². The quantitative estimate of drug-likeness (QED) is 0.796. The van der Waals surface area contributed by atoms with Crippen molar-refractivity contribution in [3.05, 3.63) is 18.1 Å². The van der Waals surface area contributed by atoms with E-state index in [9.17, 15) is 4.79 Å². The Balaban J connectivity index is 2.92. The maximum absolute atomic E-state index is 10.9. The summed E-state index contributed by atoms with van der Waals surface area (Å²) in [5.41, 5.74) is 0. The molecule has 1 aromatic rings. The molecule has 0 fully saturated rings. The van der Waals surface area contributed by atoms with Gasteiger partial charge in [0.1, 0.15) is 11.7 Å². The summed E-state index contributed by atoms with van der Waals surface area (Å²) in [6, 6.07) is 1.61. The summed E-state index contributed by atoms with van der Waals surface area (Å²) in [5.74, 6) is -0.852. The Kier molecular flexibility index (Phi) is 4.03. The minimum absolute atomic E-state index is 0.302. The van der Waals surface area contributed by atoms with E-state index in [1.54, 1.807) is 13.0 Å². The van der Waals surface area contributed by atoms with Crippen LogP contribution in [0, 0.1) is 0 Å². The van der Waals surface area contributed by atoms with Crippen molar-refractivity contribution in [3.8, 4) is 5.88 Å². The second-order valence-electron chi connectivity index (χ2n) is 2.99. The first-order chi connectivity index (χ1) is 7.19. The third-order valence-electron chi connectivity index (χ3n) is 1.96. The molecule has 1 atom stereocenters. The Morgan fingerprint density at radius 2 is 2.33 bits per heavy atom. The molecule has 15 heavy (non-hydrogen) atoms. The molecule has 1 N–H and O–H groups in total. The molecule has 0 bridgehead atoms. The van der Waals surface area contributed by atoms with Gasteiger partial charge < -0.3 is 9.84 Å². The Labute approximate surface area is 88.1 Å². The Morgan fingerprint density at radius 1 is 1.60 bits per heavy atom. The van der Waals surface area contributed by atoms with E-state index in [2.05, 4.69) is 9.97 Å². The largest absolute Gasteiger partial charge is 0.481 e. The summed E-state index contributed by atoms with van der Waals surface area (Å²) in [6.45, 7) is 4.13. The zero-order chi connectivity index (χ0) is 11.3. The van der Waals surface area contributed by atoms with E-state index in [1.807, 2.05) is 6.92 Å². The van der Waals surface area contributed by atoms with Crippen molar-refractivity contribution in [2.45, 2.75) is 26.2 Å². The van der Waals surface area contributed by atoms with Crippen molar-refractivity contribution in [2.24, 2.45) is 0 Å². The number of carbonyl (C=O) groups is 1. The van der Waals surface area contributed by atoms with Crippen molar-refractivity contribution in [2.75, 3.05) is 6.61 Å². The van der Waals surface area contributed by atoms with Gasteiger partial charge in [0, 0.05) is 12.3 Å². The molecular weight excluding hydrogens is 196 g/mol. The lowest BCUT2D eigenvalue weighted by atomic mass is 10.1. The summed E-state index contributed by atoms with van der Waals surface area (Å²) in [5, 5.41) is 8.93. The maximum Gasteiger partial charge on any atom is 0.314 e. The zero-order valence-corrected chi connectivity index (χ0v) is 8.80. The summed E-state index contributed by atoms with van der Waals surface area (Å²) in [4.78, 5) is 18.9. The van der Waals surface area contributed by atoms with Gasteiger partial charge in [0.25, 0.3) is 0 Å². The summed E-state index contributed by atoms with van der Waals surface area (Å²) in [6.07, 6.45) is 1.98. The van der Waals surface area contributed by atoms with E-state index in [4.69, 9.17) is 9.84 Å². The highest BCUT2D eigenvalue weighted by Crippen LogP contribution is 2.17. The van der Waals surface area contributed by atoms with E-state index in [0.717, 1.165) is 0 Å². The maximum atomic E-state index is 10.9. The first-order valence-electron chi connectivity index (χ1n) is 4.87. The average molecular weight is 210 g/mol. The van der Waals surface area contributed by atoms with Crippen LogP contribution in [-0.4, -0.2) is 27.7 Å². The molecular formula is C10H14N2O3. The van der Waals surface area contributed by atoms with Crippen LogP contribution >= 0.6 is 0 Å². The molecule has 5 heteroatoms. The number of hydrogen-bond donors (Lipinski definition) is 1. The highest BCUT2D eigenvalue weighted by atomic mass is 16.5. The van der Waals surface area contributed by atoms with Crippen LogP contribution in [0.15, 0.2) is 12.3 Å². The SMILES string of the molecule is CCOc1ccnc(C(CC)C(=O)O)n1. The molecule has 5 nitrogen and oxygen atoms in total. The third-order valence-corrected chi connectivity index (χ3v) is 1.96. The Hall–Kier alpha value is -1.65. The van der Waals surface area contributed by atoms with Crippen LogP contribution in [0.2, 0.25) is 0 Å². The monoisotopic (exact) mass is 210 g/mol. The normalized spacial score (nSPS) is 12.1. The number of carboxylic acids is 1. The summed E-state index contributed by atoms with van der Waals surface area (Å²) < 4.78 is 5.18. The smallest absolute Gasteiger partial charge is 0.314 e. The van der Waals surface area contributed by atoms with Gasteiger partial charge in [-0.2, -0.15) is 4.98 Å². The number of carboxylic acid groups (broad SMARTS) is 1. The predicted octanol–water partition coefficient (Wildman–Crippen LogP) is 1.45. The second kappa shape index (κ2) is 5.29. The molecule has 0 amide bonds. The Bertz CT molecular complexity index is 341. The van der Waals surface area contributed by atoms with Gasteiger partial charge in [0.05, 0.1) is 6.61 Å². The molecule has 0 saturated heterocycles. The number of ether oxygens (including phenoxy) is 1. The minimum Gasteiger partial charge on any atom is -0.481 e. The highest BCUT2D eigenvalue weighted by Gasteiger charge is 2.20. The van der Waals surface area contributed by atoms with Crippen molar-refractivity contribution in [1.82, 2.24) is 9.97 Å². The highest BCUT2D eigenvalue weighted by molar-refractivity contribution is 5.74. The molecule has 0 radical (unpaired) electrons. The standard InChI is InChI=1S/C10H14N2O3/c1-3-7(10(13)14)9-11-6-5-8(12-9)15-4-2/h5-7H,3-4H2,1-2H3,(H,13,14). The van der Waals surface area contributed by atoms with Gasteiger partial charge in [-0.05, 0) is 13.3 Å². The molecule has 1 aromatic heterocycles. The van der Waals surface area contributed by atoms with Gasteiger partial charge in [-0.1, -0.05) is 6.92 Å². The molecule has 1 heterocycles. The van der Waals surface area contributed by atoms with Crippen LogP contribution in [-0.2, 0) is 4.79 Å². The zero-order valence-electron chi connectivity index (χ0n) is 8.80. The average Bonchev–Trinajstić information content (AvgIpc) is 2.19. The van der Waals surface area contributed by atoms with Crippen molar-refractivity contribution >= 4 is 5.97 Å². The van der Waals surface area contributed by atoms with Crippen LogP contribution < -0.4 is 4.74 Å². The summed E-state index contributed by atoms with van der Waals surface area (Å²) >= 11 is 0. The first kappa shape index (κ1) is 11.4. The molecule has 0 aliphatic heterocycles. The molecule has 0 spiro atoms. The van der Waals surface area contributed by atoms with Gasteiger partial charge in [-0.3, -0.25) is 4.79 Å². The lowest BCUT2D eigenvalue weighted by Crippen LogP contribution is -2.14.